The zero-order valence-corrected chi connectivity index (χ0v) is 10.6. The van der Waals surface area contributed by atoms with Crippen LogP contribution >= 0.6 is 0 Å². The number of hydrogen-bond acceptors (Lipinski definition) is 5. The summed E-state index contributed by atoms with van der Waals surface area (Å²) in [5, 5.41) is 7.34. The molecule has 0 aromatic carbocycles. The van der Waals surface area contributed by atoms with E-state index in [-0.39, 0.29) is 6.10 Å². The summed E-state index contributed by atoms with van der Waals surface area (Å²) in [6.07, 6.45) is 4.17. The van der Waals surface area contributed by atoms with Crippen molar-refractivity contribution in [2.75, 3.05) is 20.2 Å². The summed E-state index contributed by atoms with van der Waals surface area (Å²) in [7, 11) is 1.70. The van der Waals surface area contributed by atoms with E-state index in [0.29, 0.717) is 12.3 Å². The molecular formula is C12H21N3O2. The number of ether oxygens (including phenoxy) is 1. The van der Waals surface area contributed by atoms with Crippen molar-refractivity contribution in [3.05, 3.63) is 11.7 Å². The fourth-order valence-electron chi connectivity index (χ4n) is 2.13. The molecule has 5 heteroatoms. The molecule has 1 aromatic heterocycles. The number of nitrogens with zero attached hydrogens (tertiary/aromatic N) is 2. The van der Waals surface area contributed by atoms with Gasteiger partial charge in [-0.2, -0.15) is 4.98 Å². The molecule has 96 valence electrons. The highest BCUT2D eigenvalue weighted by molar-refractivity contribution is 4.90. The van der Waals surface area contributed by atoms with E-state index in [2.05, 4.69) is 15.5 Å². The minimum Gasteiger partial charge on any atom is -0.381 e. The molecule has 1 atom stereocenters. The topological polar surface area (TPSA) is 60.2 Å². The zero-order chi connectivity index (χ0) is 12.1. The molecule has 0 aliphatic carbocycles. The SMILES string of the molecule is COC(C)Cc1noc(CC2CCNCC2)n1. The highest BCUT2D eigenvalue weighted by atomic mass is 16.5. The highest BCUT2D eigenvalue weighted by Gasteiger charge is 2.17. The Labute approximate surface area is 102 Å². The summed E-state index contributed by atoms with van der Waals surface area (Å²) in [6, 6.07) is 0. The molecule has 1 aliphatic heterocycles. The summed E-state index contributed by atoms with van der Waals surface area (Å²) in [6.45, 7) is 4.21. The third-order valence-electron chi connectivity index (χ3n) is 3.30. The summed E-state index contributed by atoms with van der Waals surface area (Å²) in [4.78, 5) is 4.41. The van der Waals surface area contributed by atoms with Gasteiger partial charge in [0.1, 0.15) is 0 Å². The Hall–Kier alpha value is -0.940. The quantitative estimate of drug-likeness (QED) is 0.836. The summed E-state index contributed by atoms with van der Waals surface area (Å²) in [5.41, 5.74) is 0. The van der Waals surface area contributed by atoms with E-state index in [1.54, 1.807) is 7.11 Å². The van der Waals surface area contributed by atoms with Gasteiger partial charge in [0.05, 0.1) is 6.10 Å². The van der Waals surface area contributed by atoms with Crippen LogP contribution in [0.25, 0.3) is 0 Å². The van der Waals surface area contributed by atoms with Crippen molar-refractivity contribution >= 4 is 0 Å². The molecule has 0 bridgehead atoms. The van der Waals surface area contributed by atoms with Crippen molar-refractivity contribution in [1.82, 2.24) is 15.5 Å². The Bertz CT molecular complexity index is 334. The maximum absolute atomic E-state index is 5.28. The Kier molecular flexibility index (Phi) is 4.50. The normalized spacial score (nSPS) is 19.4. The average molecular weight is 239 g/mol. The molecule has 0 radical (unpaired) electrons. The van der Waals surface area contributed by atoms with Gasteiger partial charge in [-0.1, -0.05) is 5.16 Å². The zero-order valence-electron chi connectivity index (χ0n) is 10.6. The minimum absolute atomic E-state index is 0.138. The van der Waals surface area contributed by atoms with Gasteiger partial charge in [-0.3, -0.25) is 0 Å². The van der Waals surface area contributed by atoms with Crippen molar-refractivity contribution in [1.29, 1.82) is 0 Å². The number of nitrogens with one attached hydrogen (secondary N) is 1. The monoisotopic (exact) mass is 239 g/mol. The van der Waals surface area contributed by atoms with Gasteiger partial charge in [-0.15, -0.1) is 0 Å². The van der Waals surface area contributed by atoms with E-state index in [4.69, 9.17) is 9.26 Å². The van der Waals surface area contributed by atoms with Crippen LogP contribution in [0.15, 0.2) is 4.52 Å². The summed E-state index contributed by atoms with van der Waals surface area (Å²) >= 11 is 0. The maximum Gasteiger partial charge on any atom is 0.226 e. The molecule has 0 spiro atoms. The van der Waals surface area contributed by atoms with Crippen LogP contribution in [0.3, 0.4) is 0 Å². The molecule has 1 fully saturated rings. The Morgan fingerprint density at radius 2 is 2.24 bits per heavy atom. The van der Waals surface area contributed by atoms with Gasteiger partial charge < -0.3 is 14.6 Å². The van der Waals surface area contributed by atoms with Crippen molar-refractivity contribution in [2.45, 2.75) is 38.7 Å². The lowest BCUT2D eigenvalue weighted by Crippen LogP contribution is -2.28. The van der Waals surface area contributed by atoms with Crippen molar-refractivity contribution in [2.24, 2.45) is 5.92 Å². The molecule has 0 amide bonds. The molecule has 2 heterocycles. The molecule has 1 aromatic rings. The third-order valence-corrected chi connectivity index (χ3v) is 3.30. The third kappa shape index (κ3) is 3.78. The van der Waals surface area contributed by atoms with Crippen LogP contribution in [-0.4, -0.2) is 36.4 Å². The lowest BCUT2D eigenvalue weighted by atomic mass is 9.95. The van der Waals surface area contributed by atoms with Crippen molar-refractivity contribution in [3.8, 4) is 0 Å². The van der Waals surface area contributed by atoms with E-state index >= 15 is 0 Å². The van der Waals surface area contributed by atoms with Gasteiger partial charge in [-0.05, 0) is 38.8 Å². The second-order valence-corrected chi connectivity index (χ2v) is 4.75. The van der Waals surface area contributed by atoms with E-state index in [9.17, 15) is 0 Å². The average Bonchev–Trinajstić information content (AvgIpc) is 2.77. The fourth-order valence-corrected chi connectivity index (χ4v) is 2.13. The Morgan fingerprint density at radius 3 is 2.94 bits per heavy atom. The molecule has 17 heavy (non-hydrogen) atoms. The van der Waals surface area contributed by atoms with E-state index in [1.807, 2.05) is 6.92 Å². The minimum atomic E-state index is 0.138. The largest absolute Gasteiger partial charge is 0.381 e. The lowest BCUT2D eigenvalue weighted by Gasteiger charge is -2.20. The van der Waals surface area contributed by atoms with E-state index in [1.165, 1.54) is 12.8 Å². The van der Waals surface area contributed by atoms with Gasteiger partial charge in [0.2, 0.25) is 5.89 Å². The second-order valence-electron chi connectivity index (χ2n) is 4.75. The van der Waals surface area contributed by atoms with Crippen LogP contribution < -0.4 is 5.32 Å². The van der Waals surface area contributed by atoms with Crippen LogP contribution in [0.1, 0.15) is 31.5 Å². The number of hydrogen-bond donors (Lipinski definition) is 1. The van der Waals surface area contributed by atoms with E-state index < -0.39 is 0 Å². The molecule has 0 saturated carbocycles. The van der Waals surface area contributed by atoms with Crippen LogP contribution in [0.4, 0.5) is 0 Å². The standard InChI is InChI=1S/C12H21N3O2/c1-9(16-2)7-11-14-12(17-15-11)8-10-3-5-13-6-4-10/h9-10,13H,3-8H2,1-2H3. The fraction of sp³-hybridized carbons (Fsp3) is 0.833. The van der Waals surface area contributed by atoms with Crippen molar-refractivity contribution in [3.63, 3.8) is 0 Å². The molecule has 1 unspecified atom stereocenters. The molecular weight excluding hydrogens is 218 g/mol. The van der Waals surface area contributed by atoms with E-state index in [0.717, 1.165) is 31.2 Å². The lowest BCUT2D eigenvalue weighted by molar-refractivity contribution is 0.116. The predicted octanol–water partition coefficient (Wildman–Crippen LogP) is 1.19. The molecule has 1 saturated heterocycles. The van der Waals surface area contributed by atoms with Gasteiger partial charge >= 0.3 is 0 Å². The first-order chi connectivity index (χ1) is 8.28. The van der Waals surface area contributed by atoms with Gasteiger partial charge in [-0.25, -0.2) is 0 Å². The maximum atomic E-state index is 5.28. The summed E-state index contributed by atoms with van der Waals surface area (Å²) in [5.74, 6) is 2.21. The van der Waals surface area contributed by atoms with Gasteiger partial charge in [0.25, 0.3) is 0 Å². The van der Waals surface area contributed by atoms with Crippen LogP contribution in [0.2, 0.25) is 0 Å². The second kappa shape index (κ2) is 6.12. The van der Waals surface area contributed by atoms with Crippen LogP contribution in [0.5, 0.6) is 0 Å². The Morgan fingerprint density at radius 1 is 1.47 bits per heavy atom. The summed E-state index contributed by atoms with van der Waals surface area (Å²) < 4.78 is 10.5. The first-order valence-electron chi connectivity index (χ1n) is 6.33. The number of rotatable bonds is 5. The Balaban J connectivity index is 1.84. The number of methoxy groups -OCH3 is 1. The van der Waals surface area contributed by atoms with Crippen LogP contribution in [0, 0.1) is 5.92 Å². The highest BCUT2D eigenvalue weighted by Crippen LogP contribution is 2.17. The van der Waals surface area contributed by atoms with Gasteiger partial charge in [0.15, 0.2) is 5.82 Å². The molecule has 2 rings (SSSR count). The first-order valence-corrected chi connectivity index (χ1v) is 6.33. The molecule has 1 aliphatic rings. The molecule has 1 N–H and O–H groups in total. The first kappa shape index (κ1) is 12.5. The van der Waals surface area contributed by atoms with Crippen LogP contribution in [-0.2, 0) is 17.6 Å². The smallest absolute Gasteiger partial charge is 0.226 e. The number of aromatic nitrogens is 2. The predicted molar refractivity (Wildman–Crippen MR) is 63.8 cm³/mol. The molecule has 5 nitrogen and oxygen atoms in total. The van der Waals surface area contributed by atoms with Crippen molar-refractivity contribution < 1.29 is 9.26 Å². The number of piperidine rings is 1. The van der Waals surface area contributed by atoms with Gasteiger partial charge in [0, 0.05) is 20.0 Å².